The number of furan rings is 1. The molecule has 0 saturated carbocycles. The normalized spacial score (nSPS) is 11.1. The van der Waals surface area contributed by atoms with Crippen molar-refractivity contribution in [2.24, 2.45) is 0 Å². The number of carbonyl (C=O) groups is 1. The van der Waals surface area contributed by atoms with Crippen molar-refractivity contribution in [3.63, 3.8) is 0 Å². The Balaban J connectivity index is 1.34. The van der Waals surface area contributed by atoms with Crippen LogP contribution in [0.4, 0.5) is 10.5 Å². The van der Waals surface area contributed by atoms with E-state index in [1.807, 2.05) is 43.3 Å². The summed E-state index contributed by atoms with van der Waals surface area (Å²) in [7, 11) is 0. The second-order valence-electron chi connectivity index (χ2n) is 8.42. The lowest BCUT2D eigenvalue weighted by atomic mass is 10.1. The maximum Gasteiger partial charge on any atom is 0.322 e. The zero-order valence-electron chi connectivity index (χ0n) is 19.2. The van der Waals surface area contributed by atoms with Crippen LogP contribution in [0.2, 0.25) is 0 Å². The molecule has 5 rings (SSSR count). The van der Waals surface area contributed by atoms with Crippen LogP contribution in [-0.2, 0) is 13.0 Å². The first-order valence-electron chi connectivity index (χ1n) is 11.2. The summed E-state index contributed by atoms with van der Waals surface area (Å²) in [6, 6.07) is 19.8. The fourth-order valence-corrected chi connectivity index (χ4v) is 4.80. The van der Waals surface area contributed by atoms with Crippen LogP contribution >= 0.6 is 11.3 Å². The van der Waals surface area contributed by atoms with Gasteiger partial charge in [-0.2, -0.15) is 0 Å². The van der Waals surface area contributed by atoms with Crippen molar-refractivity contribution in [3.8, 4) is 11.3 Å². The van der Waals surface area contributed by atoms with Gasteiger partial charge in [-0.1, -0.05) is 42.0 Å². The molecule has 0 aliphatic heterocycles. The molecule has 172 valence electrons. The van der Waals surface area contributed by atoms with E-state index < -0.39 is 0 Å². The second-order valence-corrected chi connectivity index (χ2v) is 9.26. The predicted molar refractivity (Wildman–Crippen MR) is 136 cm³/mol. The minimum absolute atomic E-state index is 0.153. The molecule has 0 unspecified atom stereocenters. The molecule has 7 heteroatoms. The first kappa shape index (κ1) is 22.0. The molecule has 0 fully saturated rings. The predicted octanol–water partition coefficient (Wildman–Crippen LogP) is 6.55. The van der Waals surface area contributed by atoms with Crippen molar-refractivity contribution in [1.29, 1.82) is 0 Å². The largest absolute Gasteiger partial charge is 0.467 e. The first-order valence-corrected chi connectivity index (χ1v) is 12.1. The third-order valence-corrected chi connectivity index (χ3v) is 6.64. The van der Waals surface area contributed by atoms with Gasteiger partial charge in [0.1, 0.15) is 5.76 Å². The van der Waals surface area contributed by atoms with E-state index in [-0.39, 0.29) is 6.03 Å². The minimum atomic E-state index is -0.153. The maximum atomic E-state index is 13.1. The number of rotatable bonds is 7. The van der Waals surface area contributed by atoms with Gasteiger partial charge in [-0.3, -0.25) is 4.40 Å². The summed E-state index contributed by atoms with van der Waals surface area (Å²) in [5.41, 5.74) is 6.29. The molecule has 0 bridgehead atoms. The molecule has 0 radical (unpaired) electrons. The lowest BCUT2D eigenvalue weighted by Crippen LogP contribution is -2.36. The Morgan fingerprint density at radius 1 is 1.09 bits per heavy atom. The zero-order chi connectivity index (χ0) is 23.5. The molecule has 5 aromatic rings. The number of urea groups is 1. The Kier molecular flexibility index (Phi) is 6.18. The molecule has 0 aliphatic carbocycles. The van der Waals surface area contributed by atoms with Gasteiger partial charge in [-0.15, -0.1) is 11.3 Å². The fraction of sp³-hybridized carbons (Fsp3) is 0.185. The summed E-state index contributed by atoms with van der Waals surface area (Å²) in [4.78, 5) is 20.7. The van der Waals surface area contributed by atoms with Crippen LogP contribution in [0.3, 0.4) is 0 Å². The van der Waals surface area contributed by atoms with Gasteiger partial charge in [0.05, 0.1) is 18.5 Å². The van der Waals surface area contributed by atoms with Gasteiger partial charge in [-0.25, -0.2) is 9.78 Å². The standard InChI is InChI=1S/C27H26N4O2S/c1-19-8-10-21(11-9-19)25-17-31-23(18-34-27(31)29-25)12-13-30(16-24-7-4-14-33-24)26(32)28-22-6-3-5-20(2)15-22/h3-11,14-15,17-18H,12-13,16H2,1-2H3,(H,28,32). The number of thiazole rings is 1. The number of anilines is 1. The second kappa shape index (κ2) is 9.57. The first-order chi connectivity index (χ1) is 16.5. The summed E-state index contributed by atoms with van der Waals surface area (Å²) in [5.74, 6) is 0.749. The number of hydrogen-bond donors (Lipinski definition) is 1. The summed E-state index contributed by atoms with van der Waals surface area (Å²) < 4.78 is 7.64. The van der Waals surface area contributed by atoms with E-state index in [4.69, 9.17) is 9.40 Å². The lowest BCUT2D eigenvalue weighted by molar-refractivity contribution is 0.204. The van der Waals surface area contributed by atoms with Gasteiger partial charge < -0.3 is 14.6 Å². The molecule has 2 amide bonds. The van der Waals surface area contributed by atoms with Crippen LogP contribution in [-0.4, -0.2) is 26.9 Å². The lowest BCUT2D eigenvalue weighted by Gasteiger charge is -2.22. The number of benzene rings is 2. The van der Waals surface area contributed by atoms with E-state index in [0.717, 1.165) is 38.9 Å². The summed E-state index contributed by atoms with van der Waals surface area (Å²) in [5, 5.41) is 5.14. The number of amides is 2. The van der Waals surface area contributed by atoms with Crippen molar-refractivity contribution >= 4 is 28.0 Å². The van der Waals surface area contributed by atoms with Crippen LogP contribution in [0.15, 0.2) is 82.9 Å². The summed E-state index contributed by atoms with van der Waals surface area (Å²) in [6.07, 6.45) is 4.41. The van der Waals surface area contributed by atoms with Crippen LogP contribution in [0.5, 0.6) is 0 Å². The van der Waals surface area contributed by atoms with Gasteiger partial charge in [0.2, 0.25) is 0 Å². The van der Waals surface area contributed by atoms with Gasteiger partial charge >= 0.3 is 6.03 Å². The molecule has 0 spiro atoms. The highest BCUT2D eigenvalue weighted by atomic mass is 32.1. The molecule has 3 aromatic heterocycles. The fourth-order valence-electron chi connectivity index (χ4n) is 3.89. The number of aromatic nitrogens is 2. The van der Waals surface area contributed by atoms with E-state index >= 15 is 0 Å². The molecule has 1 N–H and O–H groups in total. The van der Waals surface area contributed by atoms with E-state index in [0.29, 0.717) is 19.5 Å². The monoisotopic (exact) mass is 470 g/mol. The molecule has 0 atom stereocenters. The van der Waals surface area contributed by atoms with E-state index in [1.54, 1.807) is 22.5 Å². The Morgan fingerprint density at radius 2 is 1.94 bits per heavy atom. The highest BCUT2D eigenvalue weighted by molar-refractivity contribution is 7.15. The van der Waals surface area contributed by atoms with E-state index in [9.17, 15) is 4.79 Å². The molecule has 6 nitrogen and oxygen atoms in total. The molecular weight excluding hydrogens is 444 g/mol. The number of imidazole rings is 1. The Bertz CT molecular complexity index is 1400. The highest BCUT2D eigenvalue weighted by Crippen LogP contribution is 2.24. The molecular formula is C27H26N4O2S. The van der Waals surface area contributed by atoms with Crippen LogP contribution in [0.25, 0.3) is 16.2 Å². The van der Waals surface area contributed by atoms with Crippen molar-refractivity contribution in [1.82, 2.24) is 14.3 Å². The van der Waals surface area contributed by atoms with Crippen LogP contribution < -0.4 is 5.32 Å². The number of fused-ring (bicyclic) bond motifs is 1. The quantitative estimate of drug-likeness (QED) is 0.293. The van der Waals surface area contributed by atoms with Gasteiger partial charge in [-0.05, 0) is 43.7 Å². The molecule has 0 aliphatic rings. The Hall–Kier alpha value is -3.84. The van der Waals surface area contributed by atoms with Crippen molar-refractivity contribution in [3.05, 3.63) is 101 Å². The molecule has 34 heavy (non-hydrogen) atoms. The number of hydrogen-bond acceptors (Lipinski definition) is 4. The average Bonchev–Trinajstić information content (AvgIpc) is 3.55. The number of carbonyl (C=O) groups excluding carboxylic acids is 1. The number of aryl methyl sites for hydroxylation is 2. The molecule has 3 heterocycles. The van der Waals surface area contributed by atoms with Gasteiger partial charge in [0.25, 0.3) is 0 Å². The van der Waals surface area contributed by atoms with Crippen molar-refractivity contribution < 1.29 is 9.21 Å². The molecule has 0 saturated heterocycles. The maximum absolute atomic E-state index is 13.1. The topological polar surface area (TPSA) is 62.8 Å². The summed E-state index contributed by atoms with van der Waals surface area (Å²) >= 11 is 1.62. The number of nitrogens with zero attached hydrogens (tertiary/aromatic N) is 3. The van der Waals surface area contributed by atoms with Crippen LogP contribution in [0.1, 0.15) is 22.6 Å². The van der Waals surface area contributed by atoms with Crippen LogP contribution in [0, 0.1) is 13.8 Å². The number of nitrogens with one attached hydrogen (secondary N) is 1. The third kappa shape index (κ3) is 4.89. The van der Waals surface area contributed by atoms with Crippen molar-refractivity contribution in [2.45, 2.75) is 26.8 Å². The summed E-state index contributed by atoms with van der Waals surface area (Å²) in [6.45, 7) is 5.03. The van der Waals surface area contributed by atoms with E-state index in [2.05, 4.69) is 52.5 Å². The van der Waals surface area contributed by atoms with Gasteiger partial charge in [0.15, 0.2) is 4.96 Å². The Labute approximate surface area is 202 Å². The zero-order valence-corrected chi connectivity index (χ0v) is 20.0. The minimum Gasteiger partial charge on any atom is -0.467 e. The van der Waals surface area contributed by atoms with E-state index in [1.165, 1.54) is 5.56 Å². The smallest absolute Gasteiger partial charge is 0.322 e. The highest BCUT2D eigenvalue weighted by Gasteiger charge is 2.17. The third-order valence-electron chi connectivity index (χ3n) is 5.75. The molecule has 2 aromatic carbocycles. The average molecular weight is 471 g/mol. The SMILES string of the molecule is Cc1ccc(-c2cn3c(CCN(Cc4ccco4)C(=O)Nc4cccc(C)c4)csc3n2)cc1. The Morgan fingerprint density at radius 3 is 2.71 bits per heavy atom. The van der Waals surface area contributed by atoms with Crippen molar-refractivity contribution in [2.75, 3.05) is 11.9 Å². The van der Waals surface area contributed by atoms with Gasteiger partial charge in [0, 0.05) is 41.5 Å².